The second-order valence-electron chi connectivity index (χ2n) is 8.51. The Morgan fingerprint density at radius 2 is 1.85 bits per heavy atom. The topological polar surface area (TPSA) is 116 Å². The Bertz CT molecular complexity index is 1750. The Morgan fingerprint density at radius 3 is 2.59 bits per heavy atom. The van der Waals surface area contributed by atoms with Crippen molar-refractivity contribution in [1.82, 2.24) is 24.8 Å². The number of carbonyl (C=O) groups is 1. The van der Waals surface area contributed by atoms with Gasteiger partial charge in [-0.05, 0) is 48.0 Å². The number of benzene rings is 2. The molecule has 39 heavy (non-hydrogen) atoms. The smallest absolute Gasteiger partial charge is 0.280 e. The molecule has 6 rings (SSSR count). The lowest BCUT2D eigenvalue weighted by molar-refractivity contribution is -0.126. The van der Waals surface area contributed by atoms with Gasteiger partial charge < -0.3 is 9.15 Å². The predicted molar refractivity (Wildman–Crippen MR) is 149 cm³/mol. The molecule has 0 saturated carbocycles. The zero-order chi connectivity index (χ0) is 27.1. The van der Waals surface area contributed by atoms with Crippen molar-refractivity contribution in [3.63, 3.8) is 0 Å². The summed E-state index contributed by atoms with van der Waals surface area (Å²) >= 11 is 11.1. The minimum absolute atomic E-state index is 0.172. The lowest BCUT2D eigenvalue weighted by Gasteiger charge is -2.45. The van der Waals surface area contributed by atoms with Crippen LogP contribution < -0.4 is 15.3 Å². The number of amides is 1. The first kappa shape index (κ1) is 25.5. The maximum absolute atomic E-state index is 13.8. The molecule has 1 amide bonds. The maximum atomic E-state index is 13.8. The Kier molecular flexibility index (Phi) is 6.83. The highest BCUT2D eigenvalue weighted by Crippen LogP contribution is 2.38. The number of thioether (sulfide) groups is 1. The van der Waals surface area contributed by atoms with Crippen LogP contribution in [0.25, 0.3) is 22.4 Å². The number of halogens is 2. The highest BCUT2D eigenvalue weighted by molar-refractivity contribution is 9.10. The number of hydrogen-bond donors (Lipinski definition) is 0. The van der Waals surface area contributed by atoms with Gasteiger partial charge in [-0.15, -0.1) is 21.8 Å². The molecule has 0 radical (unpaired) electrons. The largest absolute Gasteiger partial charge is 0.497 e. The fourth-order valence-corrected chi connectivity index (χ4v) is 5.68. The molecule has 1 aliphatic heterocycles. The minimum Gasteiger partial charge on any atom is -0.497 e. The van der Waals surface area contributed by atoms with E-state index in [1.54, 1.807) is 62.0 Å². The van der Waals surface area contributed by atoms with Crippen LogP contribution in [-0.4, -0.2) is 43.2 Å². The van der Waals surface area contributed by atoms with Crippen LogP contribution in [0.1, 0.15) is 17.4 Å². The SMILES string of the molecule is COc1ccc(C2C(Cl)C(=O)N2n2c(CSc3nnc(-c4ccncc4)o3)nc3ccc(Br)cc3c2=O)cc1. The van der Waals surface area contributed by atoms with Gasteiger partial charge in [0.05, 0.1) is 23.8 Å². The zero-order valence-corrected chi connectivity index (χ0v) is 23.4. The van der Waals surface area contributed by atoms with E-state index in [9.17, 15) is 9.59 Å². The predicted octanol–water partition coefficient (Wildman–Crippen LogP) is 4.73. The fourth-order valence-electron chi connectivity index (χ4n) is 4.29. The van der Waals surface area contributed by atoms with E-state index in [4.69, 9.17) is 25.7 Å². The molecule has 0 aliphatic carbocycles. The molecule has 10 nitrogen and oxygen atoms in total. The second-order valence-corrected chi connectivity index (χ2v) is 10.8. The summed E-state index contributed by atoms with van der Waals surface area (Å²) in [6, 6.07) is 15.4. The van der Waals surface area contributed by atoms with Crippen LogP contribution in [0.3, 0.4) is 0 Å². The molecule has 2 unspecified atom stereocenters. The molecule has 4 heterocycles. The number of pyridine rings is 1. The average Bonchev–Trinajstić information content (AvgIpc) is 3.45. The first-order chi connectivity index (χ1) is 18.9. The van der Waals surface area contributed by atoms with E-state index in [1.165, 1.54) is 21.4 Å². The summed E-state index contributed by atoms with van der Waals surface area (Å²) in [5.41, 5.74) is 1.59. The minimum atomic E-state index is -0.845. The highest BCUT2D eigenvalue weighted by atomic mass is 79.9. The van der Waals surface area contributed by atoms with Crippen LogP contribution in [0.5, 0.6) is 5.75 Å². The third kappa shape index (κ3) is 4.68. The molecule has 2 aromatic carbocycles. The molecule has 196 valence electrons. The molecule has 5 aromatic rings. The van der Waals surface area contributed by atoms with E-state index in [0.29, 0.717) is 32.8 Å². The van der Waals surface area contributed by atoms with Crippen molar-refractivity contribution in [3.8, 4) is 17.2 Å². The van der Waals surface area contributed by atoms with Gasteiger partial charge in [0, 0.05) is 22.4 Å². The van der Waals surface area contributed by atoms with Gasteiger partial charge in [0.2, 0.25) is 5.89 Å². The summed E-state index contributed by atoms with van der Waals surface area (Å²) in [5.74, 6) is 1.11. The molecule has 1 saturated heterocycles. The lowest BCUT2D eigenvalue weighted by atomic mass is 9.95. The summed E-state index contributed by atoms with van der Waals surface area (Å²) in [4.78, 5) is 35.7. The quantitative estimate of drug-likeness (QED) is 0.144. The van der Waals surface area contributed by atoms with Gasteiger partial charge in [-0.3, -0.25) is 14.6 Å². The summed E-state index contributed by atoms with van der Waals surface area (Å²) < 4.78 is 13.1. The summed E-state index contributed by atoms with van der Waals surface area (Å²) in [5, 5.41) is 9.37. The zero-order valence-electron chi connectivity index (χ0n) is 20.2. The lowest BCUT2D eigenvalue weighted by Crippen LogP contribution is -2.64. The summed E-state index contributed by atoms with van der Waals surface area (Å²) in [6.07, 6.45) is 3.27. The van der Waals surface area contributed by atoms with Crippen LogP contribution in [0.2, 0.25) is 0 Å². The van der Waals surface area contributed by atoms with Crippen molar-refractivity contribution in [1.29, 1.82) is 0 Å². The molecule has 2 atom stereocenters. The summed E-state index contributed by atoms with van der Waals surface area (Å²) in [7, 11) is 1.57. The number of hydrogen-bond acceptors (Lipinski definition) is 9. The van der Waals surface area contributed by atoms with E-state index in [-0.39, 0.29) is 11.0 Å². The molecule has 0 N–H and O–H groups in total. The van der Waals surface area contributed by atoms with Gasteiger partial charge in [0.15, 0.2) is 0 Å². The molecule has 1 fully saturated rings. The van der Waals surface area contributed by atoms with Crippen LogP contribution in [-0.2, 0) is 10.5 Å². The van der Waals surface area contributed by atoms with Gasteiger partial charge in [-0.25, -0.2) is 9.99 Å². The number of alkyl halides is 1. The number of nitrogens with zero attached hydrogens (tertiary/aromatic N) is 6. The van der Waals surface area contributed by atoms with Crippen molar-refractivity contribution in [3.05, 3.63) is 93.2 Å². The van der Waals surface area contributed by atoms with Crippen molar-refractivity contribution < 1.29 is 13.9 Å². The number of rotatable bonds is 7. The monoisotopic (exact) mass is 624 g/mol. The third-order valence-electron chi connectivity index (χ3n) is 6.21. The van der Waals surface area contributed by atoms with Crippen LogP contribution >= 0.6 is 39.3 Å². The van der Waals surface area contributed by atoms with Crippen molar-refractivity contribution in [2.45, 2.75) is 22.4 Å². The second kappa shape index (κ2) is 10.4. The normalized spacial score (nSPS) is 16.9. The standard InChI is InChI=1S/C26H18BrClN6O4S/c1-37-17-5-2-14(3-6-17)22-21(28)25(36)34(22)33-20(30-19-7-4-16(27)12-18(19)24(33)35)13-39-26-32-31-23(38-26)15-8-10-29-11-9-15/h2-12,21-22H,13H2,1H3. The number of methoxy groups -OCH3 is 1. The van der Waals surface area contributed by atoms with Crippen LogP contribution in [0.15, 0.2) is 85.9 Å². The Balaban J connectivity index is 1.39. The van der Waals surface area contributed by atoms with Gasteiger partial charge in [-0.1, -0.05) is 39.8 Å². The maximum Gasteiger partial charge on any atom is 0.280 e. The van der Waals surface area contributed by atoms with E-state index >= 15 is 0 Å². The van der Waals surface area contributed by atoms with Crippen LogP contribution in [0.4, 0.5) is 0 Å². The Hall–Kier alpha value is -3.74. The van der Waals surface area contributed by atoms with Crippen molar-refractivity contribution >= 4 is 56.1 Å². The molecule has 13 heteroatoms. The Labute approximate surface area is 239 Å². The van der Waals surface area contributed by atoms with Crippen molar-refractivity contribution in [2.24, 2.45) is 0 Å². The molecule has 1 aliphatic rings. The summed E-state index contributed by atoms with van der Waals surface area (Å²) in [6.45, 7) is 0. The van der Waals surface area contributed by atoms with Crippen LogP contribution in [0, 0.1) is 0 Å². The van der Waals surface area contributed by atoms with Crippen molar-refractivity contribution in [2.75, 3.05) is 12.1 Å². The van der Waals surface area contributed by atoms with E-state index < -0.39 is 22.9 Å². The van der Waals surface area contributed by atoms with Gasteiger partial charge in [-0.2, -0.15) is 4.68 Å². The van der Waals surface area contributed by atoms with E-state index in [1.807, 2.05) is 12.1 Å². The van der Waals surface area contributed by atoms with Gasteiger partial charge in [0.1, 0.15) is 23.0 Å². The number of ether oxygens (including phenoxy) is 1. The first-order valence-corrected chi connectivity index (χ1v) is 13.9. The third-order valence-corrected chi connectivity index (χ3v) is 7.94. The Morgan fingerprint density at radius 1 is 1.08 bits per heavy atom. The number of aromatic nitrogens is 5. The molecular formula is C26H18BrClN6O4S. The van der Waals surface area contributed by atoms with Gasteiger partial charge >= 0.3 is 0 Å². The highest BCUT2D eigenvalue weighted by Gasteiger charge is 2.49. The number of β-lactam (4-membered cyclic amide) rings is 1. The van der Waals surface area contributed by atoms with E-state index in [2.05, 4.69) is 31.1 Å². The van der Waals surface area contributed by atoms with Gasteiger partial charge in [0.25, 0.3) is 16.7 Å². The fraction of sp³-hybridized carbons (Fsp3) is 0.154. The molecule has 0 spiro atoms. The molecular weight excluding hydrogens is 608 g/mol. The molecule has 3 aromatic heterocycles. The van der Waals surface area contributed by atoms with E-state index in [0.717, 1.165) is 11.1 Å². The first-order valence-electron chi connectivity index (χ1n) is 11.6. The number of carbonyl (C=O) groups excluding carboxylic acids is 1. The molecule has 0 bridgehead atoms. The number of fused-ring (bicyclic) bond motifs is 1. The average molecular weight is 626 g/mol.